The number of carbonyl (C=O) groups excluding carboxylic acids is 2. The van der Waals surface area contributed by atoms with Gasteiger partial charge in [0, 0.05) is 22.6 Å². The van der Waals surface area contributed by atoms with Crippen molar-refractivity contribution in [1.82, 2.24) is 5.16 Å². The summed E-state index contributed by atoms with van der Waals surface area (Å²) in [7, 11) is 0. The van der Waals surface area contributed by atoms with Gasteiger partial charge in [0.05, 0.1) is 5.69 Å². The SMILES string of the molecule is Cc1cc(NC(=O)CN2C(=O)C[C@@H](c3ccccc3)Sc3ccccc32)no1. The van der Waals surface area contributed by atoms with E-state index in [2.05, 4.69) is 10.5 Å². The molecule has 0 radical (unpaired) electrons. The molecule has 3 aromatic rings. The van der Waals surface area contributed by atoms with Crippen LogP contribution in [0.15, 0.2) is 70.1 Å². The first-order valence-electron chi connectivity index (χ1n) is 8.94. The number of aromatic nitrogens is 1. The molecule has 1 aliphatic rings. The van der Waals surface area contributed by atoms with E-state index in [-0.39, 0.29) is 23.6 Å². The van der Waals surface area contributed by atoms with Gasteiger partial charge in [-0.1, -0.05) is 47.6 Å². The van der Waals surface area contributed by atoms with E-state index in [1.165, 1.54) is 0 Å². The van der Waals surface area contributed by atoms with E-state index in [0.717, 1.165) is 16.1 Å². The van der Waals surface area contributed by atoms with Crippen LogP contribution in [0.25, 0.3) is 0 Å². The van der Waals surface area contributed by atoms with Gasteiger partial charge in [-0.25, -0.2) is 0 Å². The number of carbonyl (C=O) groups is 2. The highest BCUT2D eigenvalue weighted by Gasteiger charge is 2.30. The first-order valence-corrected chi connectivity index (χ1v) is 9.82. The molecule has 4 rings (SSSR count). The van der Waals surface area contributed by atoms with E-state index < -0.39 is 0 Å². The number of nitrogens with zero attached hydrogens (tertiary/aromatic N) is 2. The Hall–Kier alpha value is -3.06. The highest BCUT2D eigenvalue weighted by atomic mass is 32.2. The molecule has 1 aromatic heterocycles. The number of thioether (sulfide) groups is 1. The minimum Gasteiger partial charge on any atom is -0.360 e. The van der Waals surface area contributed by atoms with Crippen molar-refractivity contribution in [2.45, 2.75) is 23.5 Å². The summed E-state index contributed by atoms with van der Waals surface area (Å²) in [5.74, 6) is 0.542. The van der Waals surface area contributed by atoms with Crippen LogP contribution >= 0.6 is 11.8 Å². The fourth-order valence-corrected chi connectivity index (χ4v) is 4.44. The quantitative estimate of drug-likeness (QED) is 0.719. The molecule has 7 heteroatoms. The number of anilines is 2. The van der Waals surface area contributed by atoms with Crippen molar-refractivity contribution in [2.24, 2.45) is 0 Å². The lowest BCUT2D eigenvalue weighted by molar-refractivity contribution is -0.121. The van der Waals surface area contributed by atoms with Gasteiger partial charge in [-0.3, -0.25) is 9.59 Å². The molecule has 6 nitrogen and oxygen atoms in total. The maximum Gasteiger partial charge on any atom is 0.245 e. The number of amides is 2. The molecule has 0 fully saturated rings. The molecule has 142 valence electrons. The average Bonchev–Trinajstić information content (AvgIpc) is 3.05. The zero-order valence-electron chi connectivity index (χ0n) is 15.3. The number of hydrogen-bond donors (Lipinski definition) is 1. The number of para-hydroxylation sites is 1. The molecule has 0 aliphatic carbocycles. The molecule has 0 saturated carbocycles. The Kier molecular flexibility index (Phi) is 5.16. The first-order chi connectivity index (χ1) is 13.6. The summed E-state index contributed by atoms with van der Waals surface area (Å²) in [6.07, 6.45) is 0.319. The largest absolute Gasteiger partial charge is 0.360 e. The second-order valence-electron chi connectivity index (χ2n) is 6.54. The third-order valence-corrected chi connectivity index (χ3v) is 5.78. The van der Waals surface area contributed by atoms with E-state index in [0.29, 0.717) is 18.0 Å². The Balaban J connectivity index is 1.59. The van der Waals surface area contributed by atoms with Crippen molar-refractivity contribution in [3.05, 3.63) is 72.0 Å². The smallest absolute Gasteiger partial charge is 0.245 e. The number of fused-ring (bicyclic) bond motifs is 1. The van der Waals surface area contributed by atoms with Crippen molar-refractivity contribution in [3.8, 4) is 0 Å². The second-order valence-corrected chi connectivity index (χ2v) is 7.78. The lowest BCUT2D eigenvalue weighted by atomic mass is 10.1. The molecular weight excluding hydrogens is 374 g/mol. The van der Waals surface area contributed by atoms with Crippen LogP contribution in [0.4, 0.5) is 11.5 Å². The lowest BCUT2D eigenvalue weighted by Crippen LogP contribution is -2.38. The van der Waals surface area contributed by atoms with Crippen LogP contribution < -0.4 is 10.2 Å². The summed E-state index contributed by atoms with van der Waals surface area (Å²) in [6, 6.07) is 19.3. The molecule has 1 aliphatic heterocycles. The molecule has 1 atom stereocenters. The van der Waals surface area contributed by atoms with E-state index in [1.807, 2.05) is 54.6 Å². The maximum absolute atomic E-state index is 13.1. The molecule has 2 heterocycles. The molecule has 0 saturated heterocycles. The monoisotopic (exact) mass is 393 g/mol. The summed E-state index contributed by atoms with van der Waals surface area (Å²) in [4.78, 5) is 28.1. The highest BCUT2D eigenvalue weighted by Crippen LogP contribution is 2.45. The maximum atomic E-state index is 13.1. The van der Waals surface area contributed by atoms with Gasteiger partial charge in [0.25, 0.3) is 0 Å². The van der Waals surface area contributed by atoms with Crippen LogP contribution in [0.2, 0.25) is 0 Å². The van der Waals surface area contributed by atoms with Crippen LogP contribution in [0.1, 0.15) is 23.0 Å². The first kappa shape index (κ1) is 18.3. The van der Waals surface area contributed by atoms with E-state index in [9.17, 15) is 9.59 Å². The molecule has 1 N–H and O–H groups in total. The number of benzene rings is 2. The fraction of sp³-hybridized carbons (Fsp3) is 0.190. The molecule has 0 unspecified atom stereocenters. The van der Waals surface area contributed by atoms with Crippen molar-refractivity contribution in [3.63, 3.8) is 0 Å². The van der Waals surface area contributed by atoms with Crippen LogP contribution in [0.5, 0.6) is 0 Å². The van der Waals surface area contributed by atoms with Crippen molar-refractivity contribution < 1.29 is 14.1 Å². The zero-order chi connectivity index (χ0) is 19.5. The van der Waals surface area contributed by atoms with Gasteiger partial charge >= 0.3 is 0 Å². The number of rotatable bonds is 4. The standard InChI is InChI=1S/C21H19N3O3S/c1-14-11-19(23-27-14)22-20(25)13-24-16-9-5-6-10-17(16)28-18(12-21(24)26)15-7-3-2-4-8-15/h2-11,18H,12-13H2,1H3,(H,22,23,25)/t18-/m0/s1. The van der Waals surface area contributed by atoms with E-state index in [4.69, 9.17) is 4.52 Å². The molecule has 28 heavy (non-hydrogen) atoms. The Morgan fingerprint density at radius 1 is 1.21 bits per heavy atom. The summed E-state index contributed by atoms with van der Waals surface area (Å²) in [5, 5.41) is 6.45. The third kappa shape index (κ3) is 3.94. The van der Waals surface area contributed by atoms with Crippen LogP contribution in [0.3, 0.4) is 0 Å². The molecule has 2 amide bonds. The van der Waals surface area contributed by atoms with Crippen LogP contribution in [0, 0.1) is 6.92 Å². The number of aryl methyl sites for hydroxylation is 1. The molecular formula is C21H19N3O3S. The van der Waals surface area contributed by atoms with Crippen LogP contribution in [-0.2, 0) is 9.59 Å². The molecule has 0 bridgehead atoms. The summed E-state index contributed by atoms with van der Waals surface area (Å²) < 4.78 is 4.97. The van der Waals surface area contributed by atoms with Gasteiger partial charge in [-0.05, 0) is 24.6 Å². The van der Waals surface area contributed by atoms with Gasteiger partial charge in [-0.15, -0.1) is 11.8 Å². The summed E-state index contributed by atoms with van der Waals surface area (Å²) >= 11 is 1.65. The highest BCUT2D eigenvalue weighted by molar-refractivity contribution is 7.99. The predicted octanol–water partition coefficient (Wildman–Crippen LogP) is 4.19. The van der Waals surface area contributed by atoms with Crippen molar-refractivity contribution >= 4 is 35.1 Å². The van der Waals surface area contributed by atoms with Gasteiger partial charge in [0.1, 0.15) is 12.3 Å². The minimum absolute atomic E-state index is 0.00102. The average molecular weight is 393 g/mol. The summed E-state index contributed by atoms with van der Waals surface area (Å²) in [6.45, 7) is 1.67. The third-order valence-electron chi connectivity index (χ3n) is 4.45. The Bertz CT molecular complexity index is 1000. The minimum atomic E-state index is -0.320. The number of nitrogens with one attached hydrogen (secondary N) is 1. The normalized spacial score (nSPS) is 16.4. The fourth-order valence-electron chi connectivity index (χ4n) is 3.16. The Labute approximate surface area is 166 Å². The summed E-state index contributed by atoms with van der Waals surface area (Å²) in [5.41, 5.74) is 1.85. The van der Waals surface area contributed by atoms with Crippen molar-refractivity contribution in [2.75, 3.05) is 16.8 Å². The topological polar surface area (TPSA) is 75.4 Å². The predicted molar refractivity (Wildman–Crippen MR) is 108 cm³/mol. The van der Waals surface area contributed by atoms with E-state index in [1.54, 1.807) is 29.7 Å². The Morgan fingerprint density at radius 2 is 1.96 bits per heavy atom. The van der Waals surface area contributed by atoms with Gasteiger partial charge in [-0.2, -0.15) is 0 Å². The van der Waals surface area contributed by atoms with Crippen LogP contribution in [-0.4, -0.2) is 23.5 Å². The van der Waals surface area contributed by atoms with Gasteiger partial charge in [0.15, 0.2) is 5.82 Å². The van der Waals surface area contributed by atoms with Crippen molar-refractivity contribution in [1.29, 1.82) is 0 Å². The number of hydrogen-bond acceptors (Lipinski definition) is 5. The molecule has 2 aromatic carbocycles. The second kappa shape index (κ2) is 7.90. The lowest BCUT2D eigenvalue weighted by Gasteiger charge is -2.21. The Morgan fingerprint density at radius 3 is 2.71 bits per heavy atom. The van der Waals surface area contributed by atoms with Gasteiger partial charge in [0.2, 0.25) is 11.8 Å². The van der Waals surface area contributed by atoms with E-state index >= 15 is 0 Å². The van der Waals surface area contributed by atoms with Gasteiger partial charge < -0.3 is 14.7 Å². The zero-order valence-corrected chi connectivity index (χ0v) is 16.1. The molecule has 0 spiro atoms.